The standard InChI is InChI=1S/C6H8N2O2/c1-2-3-6(9-4-7)10-5-8/h6H,2-3H2,1H3. The molecule has 0 saturated carbocycles. The van der Waals surface area contributed by atoms with Gasteiger partial charge >= 0.3 is 0 Å². The largest absolute Gasteiger partial charge is 0.384 e. The summed E-state index contributed by atoms with van der Waals surface area (Å²) in [6.07, 6.45) is 3.60. The van der Waals surface area contributed by atoms with E-state index in [-0.39, 0.29) is 0 Å². The van der Waals surface area contributed by atoms with E-state index in [1.807, 2.05) is 6.92 Å². The van der Waals surface area contributed by atoms with Crippen molar-refractivity contribution < 1.29 is 9.47 Å². The Morgan fingerprint density at radius 1 is 1.30 bits per heavy atom. The lowest BCUT2D eigenvalue weighted by molar-refractivity contribution is -0.0490. The highest BCUT2D eigenvalue weighted by molar-refractivity contribution is 4.58. The summed E-state index contributed by atoms with van der Waals surface area (Å²) in [5, 5.41) is 16.1. The van der Waals surface area contributed by atoms with E-state index in [2.05, 4.69) is 9.47 Å². The van der Waals surface area contributed by atoms with Crippen LogP contribution in [0.3, 0.4) is 0 Å². The minimum atomic E-state index is -0.694. The molecule has 0 aliphatic heterocycles. The van der Waals surface area contributed by atoms with Crippen LogP contribution < -0.4 is 0 Å². The lowest BCUT2D eigenvalue weighted by atomic mass is 10.3. The first-order valence-electron chi connectivity index (χ1n) is 2.94. The maximum absolute atomic E-state index is 8.03. The van der Waals surface area contributed by atoms with Gasteiger partial charge in [0.05, 0.1) is 0 Å². The van der Waals surface area contributed by atoms with Gasteiger partial charge in [0.1, 0.15) is 0 Å². The Morgan fingerprint density at radius 3 is 2.10 bits per heavy atom. The zero-order valence-corrected chi connectivity index (χ0v) is 5.70. The fourth-order valence-corrected chi connectivity index (χ4v) is 0.495. The van der Waals surface area contributed by atoms with E-state index in [4.69, 9.17) is 10.5 Å². The summed E-state index contributed by atoms with van der Waals surface area (Å²) in [6.45, 7) is 1.91. The third-order valence-corrected chi connectivity index (χ3v) is 0.893. The van der Waals surface area contributed by atoms with E-state index in [9.17, 15) is 0 Å². The molecular formula is C6H8N2O2. The number of hydrogen-bond acceptors (Lipinski definition) is 4. The second-order valence-electron chi connectivity index (χ2n) is 1.64. The summed E-state index contributed by atoms with van der Waals surface area (Å²) in [7, 11) is 0. The Hall–Kier alpha value is -1.42. The van der Waals surface area contributed by atoms with Crippen molar-refractivity contribution in [1.82, 2.24) is 0 Å². The molecule has 0 aromatic rings. The zero-order chi connectivity index (χ0) is 7.82. The van der Waals surface area contributed by atoms with E-state index in [0.717, 1.165) is 6.42 Å². The van der Waals surface area contributed by atoms with Crippen LogP contribution >= 0.6 is 0 Å². The van der Waals surface area contributed by atoms with Gasteiger partial charge in [0, 0.05) is 6.42 Å². The molecule has 0 spiro atoms. The minimum absolute atomic E-state index is 0.557. The molecule has 0 fully saturated rings. The van der Waals surface area contributed by atoms with Gasteiger partial charge in [-0.2, -0.15) is 10.5 Å². The maximum Gasteiger partial charge on any atom is 0.289 e. The highest BCUT2D eigenvalue weighted by Crippen LogP contribution is 2.01. The second kappa shape index (κ2) is 5.71. The molecule has 0 unspecified atom stereocenters. The quantitative estimate of drug-likeness (QED) is 0.433. The first kappa shape index (κ1) is 8.58. The molecule has 0 amide bonds. The zero-order valence-electron chi connectivity index (χ0n) is 5.70. The average molecular weight is 140 g/mol. The first-order valence-corrected chi connectivity index (χ1v) is 2.94. The molecule has 4 heteroatoms. The van der Waals surface area contributed by atoms with Crippen LogP contribution in [0.2, 0.25) is 0 Å². The normalized spacial score (nSPS) is 8.00. The summed E-state index contributed by atoms with van der Waals surface area (Å²) in [4.78, 5) is 0. The van der Waals surface area contributed by atoms with Crippen molar-refractivity contribution in [3.63, 3.8) is 0 Å². The van der Waals surface area contributed by atoms with E-state index >= 15 is 0 Å². The van der Waals surface area contributed by atoms with Crippen LogP contribution in [-0.4, -0.2) is 6.29 Å². The van der Waals surface area contributed by atoms with Crippen molar-refractivity contribution in [3.8, 4) is 12.5 Å². The van der Waals surface area contributed by atoms with Crippen molar-refractivity contribution in [2.24, 2.45) is 0 Å². The SMILES string of the molecule is CCCC(OC#N)OC#N. The molecule has 0 aliphatic rings. The van der Waals surface area contributed by atoms with Gasteiger partial charge in [-0.05, 0) is 6.42 Å². The molecule has 10 heavy (non-hydrogen) atoms. The van der Waals surface area contributed by atoms with Crippen molar-refractivity contribution in [2.45, 2.75) is 26.1 Å². The van der Waals surface area contributed by atoms with Gasteiger partial charge in [-0.25, -0.2) is 0 Å². The number of nitriles is 2. The van der Waals surface area contributed by atoms with Crippen LogP contribution in [0.4, 0.5) is 0 Å². The molecule has 0 radical (unpaired) electrons. The van der Waals surface area contributed by atoms with Gasteiger partial charge in [0.25, 0.3) is 18.8 Å². The molecule has 4 nitrogen and oxygen atoms in total. The third-order valence-electron chi connectivity index (χ3n) is 0.893. The molecular weight excluding hydrogens is 132 g/mol. The molecule has 0 bridgehead atoms. The maximum atomic E-state index is 8.03. The predicted octanol–water partition coefficient (Wildman–Crippen LogP) is 1.11. The van der Waals surface area contributed by atoms with Gasteiger partial charge in [-0.3, -0.25) is 0 Å². The topological polar surface area (TPSA) is 66.0 Å². The molecule has 54 valence electrons. The highest BCUT2D eigenvalue weighted by atomic mass is 16.7. The molecule has 0 N–H and O–H groups in total. The number of ether oxygens (including phenoxy) is 2. The second-order valence-corrected chi connectivity index (χ2v) is 1.64. The number of nitrogens with zero attached hydrogens (tertiary/aromatic N) is 2. The van der Waals surface area contributed by atoms with Crippen LogP contribution in [0, 0.1) is 23.0 Å². The minimum Gasteiger partial charge on any atom is -0.384 e. The van der Waals surface area contributed by atoms with Crippen molar-refractivity contribution in [2.75, 3.05) is 0 Å². The van der Waals surface area contributed by atoms with Crippen molar-refractivity contribution in [1.29, 1.82) is 10.5 Å². The van der Waals surface area contributed by atoms with Crippen molar-refractivity contribution >= 4 is 0 Å². The summed E-state index contributed by atoms with van der Waals surface area (Å²) >= 11 is 0. The lowest BCUT2D eigenvalue weighted by Gasteiger charge is -2.07. The average Bonchev–Trinajstić information content (AvgIpc) is 1.90. The van der Waals surface area contributed by atoms with Crippen LogP contribution in [-0.2, 0) is 9.47 Å². The van der Waals surface area contributed by atoms with Gasteiger partial charge in [0.15, 0.2) is 0 Å². The summed E-state index contributed by atoms with van der Waals surface area (Å²) < 4.78 is 8.77. The Morgan fingerprint density at radius 2 is 1.80 bits per heavy atom. The smallest absolute Gasteiger partial charge is 0.289 e. The Kier molecular flexibility index (Phi) is 4.90. The van der Waals surface area contributed by atoms with Gasteiger partial charge in [-0.1, -0.05) is 6.92 Å². The highest BCUT2D eigenvalue weighted by Gasteiger charge is 2.06. The van der Waals surface area contributed by atoms with Gasteiger partial charge < -0.3 is 9.47 Å². The third kappa shape index (κ3) is 3.57. The summed E-state index contributed by atoms with van der Waals surface area (Å²) in [6, 6.07) is 0. The van der Waals surface area contributed by atoms with E-state index < -0.39 is 6.29 Å². The van der Waals surface area contributed by atoms with Crippen LogP contribution in [0.5, 0.6) is 0 Å². The van der Waals surface area contributed by atoms with Crippen LogP contribution in [0.25, 0.3) is 0 Å². The van der Waals surface area contributed by atoms with Crippen LogP contribution in [0.1, 0.15) is 19.8 Å². The van der Waals surface area contributed by atoms with E-state index in [0.29, 0.717) is 6.42 Å². The van der Waals surface area contributed by atoms with Gasteiger partial charge in [0.2, 0.25) is 0 Å². The molecule has 0 aromatic heterocycles. The molecule has 0 aromatic carbocycles. The Balaban J connectivity index is 3.54. The molecule has 0 atom stereocenters. The molecule has 0 rings (SSSR count). The Bertz CT molecular complexity index is 140. The summed E-state index contributed by atoms with van der Waals surface area (Å²) in [5.74, 6) is 0. The first-order chi connectivity index (χ1) is 4.85. The molecule has 0 heterocycles. The summed E-state index contributed by atoms with van der Waals surface area (Å²) in [5.41, 5.74) is 0. The Labute approximate surface area is 59.6 Å². The van der Waals surface area contributed by atoms with Gasteiger partial charge in [-0.15, -0.1) is 0 Å². The molecule has 0 aliphatic carbocycles. The number of hydrogen-bond donors (Lipinski definition) is 0. The lowest BCUT2D eigenvalue weighted by Crippen LogP contribution is -2.10. The fraction of sp³-hybridized carbons (Fsp3) is 0.667. The fourth-order valence-electron chi connectivity index (χ4n) is 0.495. The monoisotopic (exact) mass is 140 g/mol. The van der Waals surface area contributed by atoms with E-state index in [1.165, 1.54) is 12.5 Å². The molecule has 0 saturated heterocycles. The van der Waals surface area contributed by atoms with Crippen LogP contribution in [0.15, 0.2) is 0 Å². The van der Waals surface area contributed by atoms with Crippen molar-refractivity contribution in [3.05, 3.63) is 0 Å². The number of rotatable bonds is 4. The predicted molar refractivity (Wildman–Crippen MR) is 32.1 cm³/mol. The van der Waals surface area contributed by atoms with E-state index in [1.54, 1.807) is 0 Å².